The zero-order chi connectivity index (χ0) is 19.6. The summed E-state index contributed by atoms with van der Waals surface area (Å²) >= 11 is 0. The van der Waals surface area contributed by atoms with Gasteiger partial charge in [-0.1, -0.05) is 18.2 Å². The van der Waals surface area contributed by atoms with Gasteiger partial charge in [-0.2, -0.15) is 10.1 Å². The van der Waals surface area contributed by atoms with Crippen LogP contribution in [0.1, 0.15) is 26.3 Å². The van der Waals surface area contributed by atoms with Crippen LogP contribution in [0.5, 0.6) is 5.75 Å². The number of aromatic amines is 1. The Morgan fingerprint density at radius 1 is 1.30 bits per heavy atom. The molecule has 3 rings (SSSR count). The largest absolute Gasteiger partial charge is 0.496 e. The van der Waals surface area contributed by atoms with Gasteiger partial charge < -0.3 is 14.7 Å². The molecule has 0 aliphatic rings. The van der Waals surface area contributed by atoms with Crippen LogP contribution in [0.2, 0.25) is 0 Å². The molecule has 3 aromatic rings. The van der Waals surface area contributed by atoms with E-state index >= 15 is 0 Å². The van der Waals surface area contributed by atoms with Crippen molar-refractivity contribution in [3.05, 3.63) is 46.4 Å². The highest BCUT2D eigenvalue weighted by atomic mass is 16.5. The number of anilines is 1. The van der Waals surface area contributed by atoms with Gasteiger partial charge in [-0.05, 0) is 26.8 Å². The number of methoxy groups -OCH3 is 1. The van der Waals surface area contributed by atoms with Gasteiger partial charge >= 0.3 is 0 Å². The van der Waals surface area contributed by atoms with E-state index in [1.54, 1.807) is 11.8 Å². The lowest BCUT2D eigenvalue weighted by Crippen LogP contribution is -2.31. The number of benzene rings is 1. The molecule has 0 spiro atoms. The number of H-pyrrole nitrogens is 1. The van der Waals surface area contributed by atoms with E-state index < -0.39 is 0 Å². The fraction of sp³-hybridized carbons (Fsp3) is 0.421. The third-order valence-electron chi connectivity index (χ3n) is 4.28. The van der Waals surface area contributed by atoms with Gasteiger partial charge in [-0.15, -0.1) is 0 Å². The van der Waals surface area contributed by atoms with Crippen molar-refractivity contribution >= 4 is 17.0 Å². The number of fused-ring (bicyclic) bond motifs is 1. The minimum Gasteiger partial charge on any atom is -0.496 e. The summed E-state index contributed by atoms with van der Waals surface area (Å²) in [7, 11) is 1.61. The molecule has 0 saturated carbocycles. The number of nitrogens with zero attached hydrogens (tertiary/aromatic N) is 4. The predicted octanol–water partition coefficient (Wildman–Crippen LogP) is 1.88. The Labute approximate surface area is 157 Å². The number of hydrogen-bond acceptors (Lipinski definition) is 6. The summed E-state index contributed by atoms with van der Waals surface area (Å²) in [4.78, 5) is 21.8. The minimum atomic E-state index is -0.315. The Morgan fingerprint density at radius 2 is 2.04 bits per heavy atom. The Morgan fingerprint density at radius 3 is 2.70 bits per heavy atom. The highest BCUT2D eigenvalue weighted by molar-refractivity contribution is 5.74. The predicted molar refractivity (Wildman–Crippen MR) is 104 cm³/mol. The molecule has 8 heteroatoms. The standard InChI is InChI=1S/C19H25N5O3/c1-19(2,3)24-16-14(11-20-24)17(26)22-18(21-16)23(9-10-25)12-13-7-5-6-8-15(13)27-4/h5-8,11,25H,9-10,12H2,1-4H3,(H,21,22,26). The van der Waals surface area contributed by atoms with Gasteiger partial charge in [0.25, 0.3) is 5.56 Å². The summed E-state index contributed by atoms with van der Waals surface area (Å²) in [6, 6.07) is 7.63. The van der Waals surface area contributed by atoms with E-state index in [-0.39, 0.29) is 17.7 Å². The van der Waals surface area contributed by atoms with E-state index in [1.807, 2.05) is 49.9 Å². The normalized spacial score (nSPS) is 11.7. The van der Waals surface area contributed by atoms with Crippen LogP contribution in [-0.2, 0) is 12.1 Å². The number of aliphatic hydroxyl groups is 1. The van der Waals surface area contributed by atoms with Crippen molar-refractivity contribution in [3.63, 3.8) is 0 Å². The van der Waals surface area contributed by atoms with Crippen LogP contribution in [0.15, 0.2) is 35.3 Å². The maximum Gasteiger partial charge on any atom is 0.263 e. The molecular weight excluding hydrogens is 346 g/mol. The molecule has 0 atom stereocenters. The third-order valence-corrected chi connectivity index (χ3v) is 4.28. The minimum absolute atomic E-state index is 0.0740. The first-order valence-corrected chi connectivity index (χ1v) is 8.81. The second-order valence-electron chi connectivity index (χ2n) is 7.31. The van der Waals surface area contributed by atoms with Crippen molar-refractivity contribution in [2.45, 2.75) is 32.9 Å². The van der Waals surface area contributed by atoms with E-state index in [2.05, 4.69) is 15.1 Å². The number of ether oxygens (including phenoxy) is 1. The lowest BCUT2D eigenvalue weighted by Gasteiger charge is -2.24. The van der Waals surface area contributed by atoms with Crippen molar-refractivity contribution in [1.29, 1.82) is 0 Å². The molecule has 1 aromatic carbocycles. The maximum absolute atomic E-state index is 12.6. The molecule has 8 nitrogen and oxygen atoms in total. The number of para-hydroxylation sites is 1. The summed E-state index contributed by atoms with van der Waals surface area (Å²) in [5, 5.41) is 14.3. The molecule has 0 aliphatic heterocycles. The zero-order valence-electron chi connectivity index (χ0n) is 16.1. The Hall–Kier alpha value is -2.87. The van der Waals surface area contributed by atoms with E-state index in [0.29, 0.717) is 30.1 Å². The topological polar surface area (TPSA) is 96.3 Å². The number of aromatic nitrogens is 4. The van der Waals surface area contributed by atoms with E-state index in [4.69, 9.17) is 4.74 Å². The molecule has 2 N–H and O–H groups in total. The number of hydrogen-bond donors (Lipinski definition) is 2. The van der Waals surface area contributed by atoms with Crippen LogP contribution in [0.25, 0.3) is 11.0 Å². The Balaban J connectivity index is 2.07. The summed E-state index contributed by atoms with van der Waals surface area (Å²) < 4.78 is 7.15. The summed E-state index contributed by atoms with van der Waals surface area (Å²) in [5.74, 6) is 1.13. The van der Waals surface area contributed by atoms with Crippen molar-refractivity contribution in [1.82, 2.24) is 19.7 Å². The molecule has 0 aliphatic carbocycles. The lowest BCUT2D eigenvalue weighted by molar-refractivity contribution is 0.300. The van der Waals surface area contributed by atoms with E-state index in [9.17, 15) is 9.90 Å². The number of nitrogens with one attached hydrogen (secondary N) is 1. The smallest absolute Gasteiger partial charge is 0.263 e. The number of rotatable bonds is 6. The van der Waals surface area contributed by atoms with Crippen LogP contribution >= 0.6 is 0 Å². The van der Waals surface area contributed by atoms with Crippen LogP contribution in [0, 0.1) is 0 Å². The summed E-state index contributed by atoms with van der Waals surface area (Å²) in [5.41, 5.74) is 0.878. The Kier molecular flexibility index (Phi) is 5.18. The monoisotopic (exact) mass is 371 g/mol. The second-order valence-corrected chi connectivity index (χ2v) is 7.31. The highest BCUT2D eigenvalue weighted by Gasteiger charge is 2.21. The molecule has 2 heterocycles. The summed E-state index contributed by atoms with van der Waals surface area (Å²) in [6.45, 7) is 6.68. The van der Waals surface area contributed by atoms with Crippen molar-refractivity contribution in [2.75, 3.05) is 25.2 Å². The van der Waals surface area contributed by atoms with Gasteiger partial charge in [-0.3, -0.25) is 9.78 Å². The van der Waals surface area contributed by atoms with Gasteiger partial charge in [0.15, 0.2) is 5.65 Å². The molecule has 0 unspecified atom stereocenters. The highest BCUT2D eigenvalue weighted by Crippen LogP contribution is 2.23. The molecule has 0 fully saturated rings. The average molecular weight is 371 g/mol. The molecule has 2 aromatic heterocycles. The van der Waals surface area contributed by atoms with Gasteiger partial charge in [0.1, 0.15) is 11.1 Å². The van der Waals surface area contributed by atoms with Crippen LogP contribution < -0.4 is 15.2 Å². The average Bonchev–Trinajstić information content (AvgIpc) is 3.06. The molecule has 0 saturated heterocycles. The molecule has 0 bridgehead atoms. The first-order valence-electron chi connectivity index (χ1n) is 8.81. The second kappa shape index (κ2) is 7.40. The van der Waals surface area contributed by atoms with E-state index in [0.717, 1.165) is 11.3 Å². The van der Waals surface area contributed by atoms with Crippen molar-refractivity contribution < 1.29 is 9.84 Å². The molecule has 0 amide bonds. The van der Waals surface area contributed by atoms with E-state index in [1.165, 1.54) is 6.20 Å². The molecular formula is C19H25N5O3. The van der Waals surface area contributed by atoms with Crippen molar-refractivity contribution in [2.24, 2.45) is 0 Å². The van der Waals surface area contributed by atoms with Gasteiger partial charge in [0, 0.05) is 18.7 Å². The van der Waals surface area contributed by atoms with Crippen molar-refractivity contribution in [3.8, 4) is 5.75 Å². The fourth-order valence-electron chi connectivity index (χ4n) is 2.97. The quantitative estimate of drug-likeness (QED) is 0.687. The van der Waals surface area contributed by atoms with Crippen LogP contribution in [-0.4, -0.2) is 45.1 Å². The fourth-order valence-corrected chi connectivity index (χ4v) is 2.97. The molecule has 27 heavy (non-hydrogen) atoms. The Bertz CT molecular complexity index is 987. The van der Waals surface area contributed by atoms with Gasteiger partial charge in [-0.25, -0.2) is 4.68 Å². The third kappa shape index (κ3) is 3.80. The molecule has 144 valence electrons. The first kappa shape index (κ1) is 18.9. The van der Waals surface area contributed by atoms with Gasteiger partial charge in [0.05, 0.1) is 25.5 Å². The van der Waals surface area contributed by atoms with Crippen LogP contribution in [0.3, 0.4) is 0 Å². The van der Waals surface area contributed by atoms with Gasteiger partial charge in [0.2, 0.25) is 5.95 Å². The number of aliphatic hydroxyl groups excluding tert-OH is 1. The zero-order valence-corrected chi connectivity index (χ0v) is 16.1. The first-order chi connectivity index (χ1) is 12.8. The maximum atomic E-state index is 12.6. The molecule has 0 radical (unpaired) electrons. The SMILES string of the molecule is COc1ccccc1CN(CCO)c1nc2c(cnn2C(C)(C)C)c(=O)[nH]1. The lowest BCUT2D eigenvalue weighted by atomic mass is 10.1. The summed E-state index contributed by atoms with van der Waals surface area (Å²) in [6.07, 6.45) is 1.53. The van der Waals surface area contributed by atoms with Crippen LogP contribution in [0.4, 0.5) is 5.95 Å².